The molecule has 2 aliphatic rings. The Balaban J connectivity index is 1.32. The van der Waals surface area contributed by atoms with Crippen molar-refractivity contribution in [1.82, 2.24) is 29.8 Å². The number of nitrogens with one attached hydrogen (secondary N) is 1. The van der Waals surface area contributed by atoms with E-state index in [1.807, 2.05) is 4.90 Å². The zero-order valence-corrected chi connectivity index (χ0v) is 18.6. The van der Waals surface area contributed by atoms with Gasteiger partial charge >= 0.3 is 11.9 Å². The Labute approximate surface area is 189 Å². The molecule has 1 N–H and O–H groups in total. The number of aromatic nitrogens is 4. The number of piperidine rings is 1. The lowest BCUT2D eigenvalue weighted by Crippen LogP contribution is -2.45. The summed E-state index contributed by atoms with van der Waals surface area (Å²) in [7, 11) is 1.75. The first kappa shape index (κ1) is 22.6. The van der Waals surface area contributed by atoms with Crippen molar-refractivity contribution in [1.29, 1.82) is 0 Å². The van der Waals surface area contributed by atoms with Crippen molar-refractivity contribution in [2.45, 2.75) is 44.2 Å². The summed E-state index contributed by atoms with van der Waals surface area (Å²) in [5.41, 5.74) is 0.414. The summed E-state index contributed by atoms with van der Waals surface area (Å²) in [6, 6.07) is 0.254. The van der Waals surface area contributed by atoms with Crippen molar-refractivity contribution in [2.75, 3.05) is 43.0 Å². The predicted molar refractivity (Wildman–Crippen MR) is 113 cm³/mol. The van der Waals surface area contributed by atoms with Gasteiger partial charge in [0.05, 0.1) is 5.56 Å². The van der Waals surface area contributed by atoms with Crippen LogP contribution in [0.5, 0.6) is 0 Å². The average Bonchev–Trinajstić information content (AvgIpc) is 3.48. The van der Waals surface area contributed by atoms with Gasteiger partial charge in [0.1, 0.15) is 0 Å². The number of carbonyl (C=O) groups excluding carboxylic acids is 1. The van der Waals surface area contributed by atoms with E-state index in [4.69, 9.17) is 16.3 Å². The molecule has 1 unspecified atom stereocenters. The lowest BCUT2D eigenvalue weighted by Gasteiger charge is -2.35. The smallest absolute Gasteiger partial charge is 0.324 e. The van der Waals surface area contributed by atoms with E-state index in [0.29, 0.717) is 44.0 Å². The average molecular weight is 471 g/mol. The maximum Gasteiger partial charge on any atom is 0.324 e. The Morgan fingerprint density at radius 3 is 2.44 bits per heavy atom. The fraction of sp³-hybridized carbons (Fsp3) is 0.632. The summed E-state index contributed by atoms with van der Waals surface area (Å²) in [5, 5.41) is 3.36. The van der Waals surface area contributed by atoms with Gasteiger partial charge in [-0.2, -0.15) is 13.8 Å². The maximum absolute atomic E-state index is 13.3. The van der Waals surface area contributed by atoms with E-state index in [1.165, 1.54) is 0 Å². The molecule has 1 atom stereocenters. The van der Waals surface area contributed by atoms with Crippen molar-refractivity contribution in [2.24, 2.45) is 0 Å². The van der Waals surface area contributed by atoms with Crippen molar-refractivity contribution in [3.8, 4) is 0 Å². The number of nitrogens with zero attached hydrogens (tertiary/aromatic N) is 7. The Hall–Kier alpha value is -2.60. The monoisotopic (exact) mass is 470 g/mol. The molecule has 2 saturated heterocycles. The third-order valence-corrected chi connectivity index (χ3v) is 6.23. The topological polar surface area (TPSA) is 104 Å². The highest BCUT2D eigenvalue weighted by Gasteiger charge is 2.34. The first-order chi connectivity index (χ1) is 15.3. The van der Waals surface area contributed by atoms with Crippen LogP contribution in [0.4, 0.5) is 20.7 Å². The highest BCUT2D eigenvalue weighted by Crippen LogP contribution is 2.28. The number of halogens is 3. The Morgan fingerprint density at radius 2 is 1.88 bits per heavy atom. The molecule has 0 aromatic carbocycles. The van der Waals surface area contributed by atoms with Gasteiger partial charge in [-0.05, 0) is 31.0 Å². The van der Waals surface area contributed by atoms with Gasteiger partial charge in [0.25, 0.3) is 5.91 Å². The van der Waals surface area contributed by atoms with Gasteiger partial charge in [0.2, 0.25) is 11.8 Å². The van der Waals surface area contributed by atoms with Crippen LogP contribution >= 0.6 is 11.8 Å². The molecular formula is C19H25ClF2N8O2. The van der Waals surface area contributed by atoms with Crippen molar-refractivity contribution >= 4 is 29.6 Å². The molecular weight excluding hydrogens is 446 g/mol. The van der Waals surface area contributed by atoms with E-state index in [0.717, 1.165) is 19.9 Å². The van der Waals surface area contributed by atoms with E-state index < -0.39 is 11.7 Å². The molecule has 4 heterocycles. The van der Waals surface area contributed by atoms with Crippen LogP contribution in [-0.2, 0) is 5.92 Å². The summed E-state index contributed by atoms with van der Waals surface area (Å²) in [6.07, 6.45) is 5.27. The van der Waals surface area contributed by atoms with Crippen LogP contribution in [0.3, 0.4) is 0 Å². The minimum Gasteiger partial charge on any atom is -0.339 e. The molecule has 2 aliphatic heterocycles. The van der Waals surface area contributed by atoms with Gasteiger partial charge in [-0.3, -0.25) is 4.79 Å². The van der Waals surface area contributed by atoms with Crippen LogP contribution in [0.15, 0.2) is 16.9 Å². The van der Waals surface area contributed by atoms with Crippen LogP contribution in [0.25, 0.3) is 0 Å². The number of anilines is 2. The molecule has 0 radical (unpaired) electrons. The summed E-state index contributed by atoms with van der Waals surface area (Å²) in [4.78, 5) is 33.6. The number of rotatable bonds is 6. The van der Waals surface area contributed by atoms with Crippen LogP contribution in [0.1, 0.15) is 42.4 Å². The van der Waals surface area contributed by atoms with Crippen LogP contribution < -0.4 is 14.6 Å². The van der Waals surface area contributed by atoms with Crippen molar-refractivity contribution in [3.63, 3.8) is 0 Å². The predicted octanol–water partition coefficient (Wildman–Crippen LogP) is 2.03. The molecule has 4 rings (SSSR count). The Kier molecular flexibility index (Phi) is 6.42. The van der Waals surface area contributed by atoms with Crippen molar-refractivity contribution in [3.05, 3.63) is 23.8 Å². The highest BCUT2D eigenvalue weighted by molar-refractivity contribution is 6.13. The van der Waals surface area contributed by atoms with Crippen LogP contribution in [-0.4, -0.2) is 76.2 Å². The number of hydrogen-bond acceptors (Lipinski definition) is 9. The molecule has 2 aromatic rings. The molecule has 10 nitrogen and oxygen atoms in total. The number of alkyl halides is 2. The molecule has 32 heavy (non-hydrogen) atoms. The molecule has 2 aromatic heterocycles. The van der Waals surface area contributed by atoms with Crippen LogP contribution in [0.2, 0.25) is 0 Å². The summed E-state index contributed by atoms with van der Waals surface area (Å²) in [5.74, 6) is -3.37. The SMILES string of the molecule is CN(C(=O)c1cnc(N2CCC(NCl)C2)nc1)C1CCN(c2nc(C(C)(F)F)no2)CC1. The van der Waals surface area contributed by atoms with Gasteiger partial charge in [-0.25, -0.2) is 14.8 Å². The minimum atomic E-state index is -3.15. The first-order valence-electron chi connectivity index (χ1n) is 10.4. The largest absolute Gasteiger partial charge is 0.339 e. The zero-order chi connectivity index (χ0) is 22.9. The van der Waals surface area contributed by atoms with E-state index in [1.54, 1.807) is 29.2 Å². The first-order valence-corrected chi connectivity index (χ1v) is 10.8. The van der Waals surface area contributed by atoms with Gasteiger partial charge in [-0.15, -0.1) is 0 Å². The fourth-order valence-corrected chi connectivity index (χ4v) is 4.14. The number of hydrogen-bond donors (Lipinski definition) is 1. The number of carbonyl (C=O) groups is 1. The molecule has 13 heteroatoms. The fourth-order valence-electron chi connectivity index (χ4n) is 3.96. The molecule has 0 saturated carbocycles. The number of amides is 1. The Morgan fingerprint density at radius 1 is 1.22 bits per heavy atom. The standard InChI is InChI=1S/C19H25ClF2N8O2/c1-19(21,22)16-25-18(32-27-16)29-7-4-14(5-8-29)28(2)15(31)12-9-23-17(24-10-12)30-6-3-13(11-30)26-20/h9-10,13-14,26H,3-8,11H2,1-2H3. The molecule has 0 bridgehead atoms. The van der Waals surface area contributed by atoms with Gasteiger partial charge in [0, 0.05) is 64.6 Å². The van der Waals surface area contributed by atoms with Gasteiger partial charge < -0.3 is 19.2 Å². The lowest BCUT2D eigenvalue weighted by molar-refractivity contribution is 0.00559. The molecule has 0 spiro atoms. The van der Waals surface area contributed by atoms with Gasteiger partial charge in [0.15, 0.2) is 0 Å². The van der Waals surface area contributed by atoms with Crippen molar-refractivity contribution < 1.29 is 18.1 Å². The van der Waals surface area contributed by atoms with Gasteiger partial charge in [-0.1, -0.05) is 5.16 Å². The third kappa shape index (κ3) is 4.75. The molecule has 174 valence electrons. The van der Waals surface area contributed by atoms with E-state index in [9.17, 15) is 13.6 Å². The second kappa shape index (κ2) is 9.10. The summed E-state index contributed by atoms with van der Waals surface area (Å²) in [6.45, 7) is 3.27. The summed E-state index contributed by atoms with van der Waals surface area (Å²) < 4.78 is 31.6. The molecule has 0 aliphatic carbocycles. The van der Waals surface area contributed by atoms with E-state index >= 15 is 0 Å². The van der Waals surface area contributed by atoms with E-state index in [-0.39, 0.29) is 24.0 Å². The zero-order valence-electron chi connectivity index (χ0n) is 17.8. The maximum atomic E-state index is 13.3. The van der Waals surface area contributed by atoms with Crippen LogP contribution in [0, 0.1) is 0 Å². The second-order valence-electron chi connectivity index (χ2n) is 8.24. The third-order valence-electron chi connectivity index (χ3n) is 5.92. The van der Waals surface area contributed by atoms with E-state index in [2.05, 4.69) is 24.9 Å². The minimum absolute atomic E-state index is 0.0115. The molecule has 1 amide bonds. The quantitative estimate of drug-likeness (QED) is 0.635. The lowest BCUT2D eigenvalue weighted by atomic mass is 10.0. The Bertz CT molecular complexity index is 930. The summed E-state index contributed by atoms with van der Waals surface area (Å²) >= 11 is 5.69. The highest BCUT2D eigenvalue weighted by atomic mass is 35.5. The second-order valence-corrected chi connectivity index (χ2v) is 8.45. The normalized spacial score (nSPS) is 20.1. The molecule has 2 fully saturated rings.